The fraction of sp³-hybridized carbons (Fsp3) is 0.294. The minimum absolute atomic E-state index is 1.11. The van der Waals surface area contributed by atoms with E-state index < -0.39 is 0 Å². The molecular weight excluding hydrogens is 204 g/mol. The van der Waals surface area contributed by atoms with Gasteiger partial charge < -0.3 is 0 Å². The van der Waals surface area contributed by atoms with Gasteiger partial charge in [0.1, 0.15) is 0 Å². The molecule has 0 saturated carbocycles. The summed E-state index contributed by atoms with van der Waals surface area (Å²) < 4.78 is 0. The lowest BCUT2D eigenvalue weighted by atomic mass is 9.99. The van der Waals surface area contributed by atoms with Gasteiger partial charge in [0.2, 0.25) is 0 Å². The fourth-order valence-electron chi connectivity index (χ4n) is 1.82. The molecule has 0 fully saturated rings. The highest BCUT2D eigenvalue weighted by molar-refractivity contribution is 5.67. The molecule has 0 heteroatoms. The Kier molecular flexibility index (Phi) is 5.48. The summed E-state index contributed by atoms with van der Waals surface area (Å²) in [5, 5.41) is 0. The van der Waals surface area contributed by atoms with Crippen molar-refractivity contribution in [1.29, 1.82) is 0 Å². The molecule has 17 heavy (non-hydrogen) atoms. The highest BCUT2D eigenvalue weighted by Gasteiger charge is 1.99. The lowest BCUT2D eigenvalue weighted by Crippen LogP contribution is -1.84. The zero-order valence-electron chi connectivity index (χ0n) is 11.3. The summed E-state index contributed by atoms with van der Waals surface area (Å²) in [4.78, 5) is 0. The Morgan fingerprint density at radius 3 is 1.94 bits per heavy atom. The minimum Gasteiger partial charge on any atom is -0.0683 e. The van der Waals surface area contributed by atoms with Gasteiger partial charge >= 0.3 is 0 Å². The van der Waals surface area contributed by atoms with Gasteiger partial charge in [-0.05, 0) is 35.6 Å². The van der Waals surface area contributed by atoms with Crippen LogP contribution in [0.4, 0.5) is 0 Å². The molecule has 0 atom stereocenters. The van der Waals surface area contributed by atoms with Crippen LogP contribution in [-0.4, -0.2) is 0 Å². The summed E-state index contributed by atoms with van der Waals surface area (Å²) in [6, 6.07) is 17.3. The van der Waals surface area contributed by atoms with Gasteiger partial charge in [-0.25, -0.2) is 0 Å². The van der Waals surface area contributed by atoms with Crippen LogP contribution in [0.5, 0.6) is 0 Å². The quantitative estimate of drug-likeness (QED) is 0.656. The minimum atomic E-state index is 1.11. The Morgan fingerprint density at radius 2 is 1.41 bits per heavy atom. The second kappa shape index (κ2) is 6.90. The van der Waals surface area contributed by atoms with Gasteiger partial charge in [-0.3, -0.25) is 0 Å². The summed E-state index contributed by atoms with van der Waals surface area (Å²) in [5.74, 6) is 0. The maximum atomic E-state index is 2.21. The van der Waals surface area contributed by atoms with Gasteiger partial charge in [0.15, 0.2) is 0 Å². The zero-order chi connectivity index (χ0) is 12.7. The number of hydrogen-bond donors (Lipinski definition) is 0. The fourth-order valence-corrected chi connectivity index (χ4v) is 1.82. The van der Waals surface area contributed by atoms with E-state index in [4.69, 9.17) is 0 Å². The van der Waals surface area contributed by atoms with Crippen LogP contribution in [0.15, 0.2) is 48.5 Å². The average Bonchev–Trinajstić information content (AvgIpc) is 2.42. The molecule has 0 nitrogen and oxygen atoms in total. The van der Waals surface area contributed by atoms with Crippen LogP contribution >= 0.6 is 0 Å². The molecule has 0 aliphatic heterocycles. The Balaban J connectivity index is 0.000000686. The topological polar surface area (TPSA) is 0 Å². The standard InChI is InChI=1S/C15H16.C2H6/c1-3-13-8-10-14(11-9-13)15-7-5-4-6-12(15)2;1-2/h4-11H,3H2,1-2H3;1-2H3. The smallest absolute Gasteiger partial charge is 0.0155 e. The average molecular weight is 226 g/mol. The van der Waals surface area contributed by atoms with E-state index in [0.29, 0.717) is 0 Å². The van der Waals surface area contributed by atoms with E-state index in [0.717, 1.165) is 6.42 Å². The summed E-state index contributed by atoms with van der Waals surface area (Å²) in [5.41, 5.74) is 5.37. The molecule has 0 N–H and O–H groups in total. The SMILES string of the molecule is CC.CCc1ccc(-c2ccccc2C)cc1. The molecule has 0 bridgehead atoms. The molecule has 0 amide bonds. The van der Waals surface area contributed by atoms with E-state index in [2.05, 4.69) is 62.4 Å². The van der Waals surface area contributed by atoms with E-state index >= 15 is 0 Å². The second-order valence-corrected chi connectivity index (χ2v) is 3.87. The predicted molar refractivity (Wildman–Crippen MR) is 77.3 cm³/mol. The molecule has 0 radical (unpaired) electrons. The first-order valence-electron chi connectivity index (χ1n) is 6.46. The van der Waals surface area contributed by atoms with E-state index in [1.54, 1.807) is 0 Å². The largest absolute Gasteiger partial charge is 0.0683 e. The van der Waals surface area contributed by atoms with Gasteiger partial charge in [-0.2, -0.15) is 0 Å². The van der Waals surface area contributed by atoms with Crippen molar-refractivity contribution in [2.24, 2.45) is 0 Å². The highest BCUT2D eigenvalue weighted by Crippen LogP contribution is 2.23. The molecule has 0 aliphatic rings. The Bertz CT molecular complexity index is 438. The molecule has 0 aromatic heterocycles. The van der Waals surface area contributed by atoms with Crippen LogP contribution in [0.3, 0.4) is 0 Å². The molecular formula is C17H22. The first-order chi connectivity index (χ1) is 8.31. The van der Waals surface area contributed by atoms with Gasteiger partial charge in [-0.15, -0.1) is 0 Å². The number of hydrogen-bond acceptors (Lipinski definition) is 0. The Hall–Kier alpha value is -1.56. The van der Waals surface area contributed by atoms with E-state index in [1.165, 1.54) is 22.3 Å². The van der Waals surface area contributed by atoms with E-state index in [1.807, 2.05) is 13.8 Å². The van der Waals surface area contributed by atoms with Crippen molar-refractivity contribution in [3.05, 3.63) is 59.7 Å². The summed E-state index contributed by atoms with van der Waals surface area (Å²) in [6.45, 7) is 8.34. The maximum Gasteiger partial charge on any atom is -0.0155 e. The molecule has 0 saturated heterocycles. The summed E-state index contributed by atoms with van der Waals surface area (Å²) in [7, 11) is 0. The molecule has 2 aromatic carbocycles. The molecule has 90 valence electrons. The third-order valence-corrected chi connectivity index (χ3v) is 2.82. The van der Waals surface area contributed by atoms with Crippen LogP contribution in [0.25, 0.3) is 11.1 Å². The predicted octanol–water partition coefficient (Wildman–Crippen LogP) is 5.25. The van der Waals surface area contributed by atoms with Crippen LogP contribution in [0.1, 0.15) is 31.9 Å². The third-order valence-electron chi connectivity index (χ3n) is 2.82. The molecule has 0 unspecified atom stereocenters. The van der Waals surface area contributed by atoms with E-state index in [-0.39, 0.29) is 0 Å². The van der Waals surface area contributed by atoms with Crippen LogP contribution in [0.2, 0.25) is 0 Å². The molecule has 0 aliphatic carbocycles. The number of rotatable bonds is 2. The Labute approximate surface area is 105 Å². The van der Waals surface area contributed by atoms with Crippen LogP contribution in [0, 0.1) is 6.92 Å². The molecule has 0 heterocycles. The van der Waals surface area contributed by atoms with Crippen molar-refractivity contribution < 1.29 is 0 Å². The zero-order valence-corrected chi connectivity index (χ0v) is 11.3. The number of benzene rings is 2. The van der Waals surface area contributed by atoms with Crippen LogP contribution < -0.4 is 0 Å². The van der Waals surface area contributed by atoms with Gasteiger partial charge in [-0.1, -0.05) is 69.3 Å². The molecule has 2 aromatic rings. The second-order valence-electron chi connectivity index (χ2n) is 3.87. The lowest BCUT2D eigenvalue weighted by Gasteiger charge is -2.06. The van der Waals surface area contributed by atoms with Crippen molar-refractivity contribution in [3.63, 3.8) is 0 Å². The van der Waals surface area contributed by atoms with Crippen molar-refractivity contribution in [3.8, 4) is 11.1 Å². The van der Waals surface area contributed by atoms with Crippen molar-refractivity contribution >= 4 is 0 Å². The molecule has 2 rings (SSSR count). The van der Waals surface area contributed by atoms with Crippen molar-refractivity contribution in [2.75, 3.05) is 0 Å². The monoisotopic (exact) mass is 226 g/mol. The lowest BCUT2D eigenvalue weighted by molar-refractivity contribution is 1.14. The van der Waals surface area contributed by atoms with Crippen molar-refractivity contribution in [2.45, 2.75) is 34.1 Å². The summed E-state index contributed by atoms with van der Waals surface area (Å²) >= 11 is 0. The number of aryl methyl sites for hydroxylation is 2. The maximum absolute atomic E-state index is 2.21. The first kappa shape index (κ1) is 13.5. The normalized spacial score (nSPS) is 9.41. The van der Waals surface area contributed by atoms with Crippen LogP contribution in [-0.2, 0) is 6.42 Å². The van der Waals surface area contributed by atoms with Gasteiger partial charge in [0, 0.05) is 0 Å². The van der Waals surface area contributed by atoms with Gasteiger partial charge in [0.05, 0.1) is 0 Å². The third kappa shape index (κ3) is 3.45. The van der Waals surface area contributed by atoms with E-state index in [9.17, 15) is 0 Å². The highest BCUT2D eigenvalue weighted by atomic mass is 14.0. The van der Waals surface area contributed by atoms with Crippen molar-refractivity contribution in [1.82, 2.24) is 0 Å². The summed E-state index contributed by atoms with van der Waals surface area (Å²) in [6.07, 6.45) is 1.11. The Morgan fingerprint density at radius 1 is 0.824 bits per heavy atom. The van der Waals surface area contributed by atoms with Gasteiger partial charge in [0.25, 0.3) is 0 Å². The first-order valence-corrected chi connectivity index (χ1v) is 6.46. The molecule has 0 spiro atoms.